The van der Waals surface area contributed by atoms with Crippen molar-refractivity contribution in [3.05, 3.63) is 52.3 Å². The Bertz CT molecular complexity index is 1200. The number of halogens is 1. The lowest BCUT2D eigenvalue weighted by Crippen LogP contribution is -2.36. The second kappa shape index (κ2) is 6.86. The van der Waals surface area contributed by atoms with Gasteiger partial charge in [0.05, 0.1) is 23.0 Å². The quantitative estimate of drug-likeness (QED) is 0.712. The third-order valence-corrected chi connectivity index (χ3v) is 6.05. The van der Waals surface area contributed by atoms with Crippen LogP contribution in [0, 0.1) is 5.82 Å². The summed E-state index contributed by atoms with van der Waals surface area (Å²) in [6, 6.07) is 3.12. The van der Waals surface area contributed by atoms with Gasteiger partial charge < -0.3 is 19.3 Å². The number of rotatable bonds is 3. The van der Waals surface area contributed by atoms with Crippen LogP contribution in [0.15, 0.2) is 35.5 Å². The molecular formula is C21H21FN4O4. The summed E-state index contributed by atoms with van der Waals surface area (Å²) < 4.78 is 24.8. The summed E-state index contributed by atoms with van der Waals surface area (Å²) in [5.74, 6) is -1.58. The van der Waals surface area contributed by atoms with Gasteiger partial charge in [0.2, 0.25) is 5.43 Å². The Morgan fingerprint density at radius 1 is 1.33 bits per heavy atom. The van der Waals surface area contributed by atoms with Gasteiger partial charge in [0.25, 0.3) is 0 Å². The highest BCUT2D eigenvalue weighted by atomic mass is 19.1. The number of carboxylic acids is 1. The maximum atomic E-state index is 15.3. The van der Waals surface area contributed by atoms with Crippen molar-refractivity contribution in [3.8, 4) is 5.75 Å². The van der Waals surface area contributed by atoms with Gasteiger partial charge in [-0.1, -0.05) is 0 Å². The van der Waals surface area contributed by atoms with Crippen molar-refractivity contribution in [2.24, 2.45) is 0 Å². The summed E-state index contributed by atoms with van der Waals surface area (Å²) in [5.41, 5.74) is -0.274. The summed E-state index contributed by atoms with van der Waals surface area (Å²) in [7, 11) is 0. The molecule has 3 aromatic rings. The van der Waals surface area contributed by atoms with Gasteiger partial charge in [-0.25, -0.2) is 9.18 Å². The van der Waals surface area contributed by atoms with Crippen LogP contribution < -0.4 is 15.1 Å². The minimum Gasteiger partial charge on any atom is -0.487 e. The average molecular weight is 412 g/mol. The SMILES string of the molecule is C[C@H]1COc2c(N3CCC(n4cccn4)CC3)c(F)cc3c(=O)c(C(=O)O)cn1c23. The van der Waals surface area contributed by atoms with E-state index >= 15 is 4.39 Å². The van der Waals surface area contributed by atoms with Crippen LogP contribution in [-0.4, -0.2) is 45.1 Å². The molecule has 0 aliphatic carbocycles. The van der Waals surface area contributed by atoms with Crippen LogP contribution in [-0.2, 0) is 0 Å². The highest BCUT2D eigenvalue weighted by Gasteiger charge is 2.31. The molecule has 1 fully saturated rings. The van der Waals surface area contributed by atoms with E-state index in [1.54, 1.807) is 10.8 Å². The zero-order chi connectivity index (χ0) is 21.0. The first-order chi connectivity index (χ1) is 14.5. The first-order valence-electron chi connectivity index (χ1n) is 9.97. The molecule has 1 atom stereocenters. The molecule has 8 nitrogen and oxygen atoms in total. The summed E-state index contributed by atoms with van der Waals surface area (Å²) in [6.07, 6.45) is 6.64. The molecular weight excluding hydrogens is 391 g/mol. The van der Waals surface area contributed by atoms with E-state index in [4.69, 9.17) is 4.74 Å². The molecule has 0 bridgehead atoms. The fourth-order valence-electron chi connectivity index (χ4n) is 4.51. The van der Waals surface area contributed by atoms with Crippen molar-refractivity contribution in [3.63, 3.8) is 0 Å². The molecule has 2 aliphatic rings. The molecule has 0 unspecified atom stereocenters. The second-order valence-electron chi connectivity index (χ2n) is 7.88. The molecule has 1 N–H and O–H groups in total. The number of aromatic nitrogens is 3. The number of hydrogen-bond donors (Lipinski definition) is 1. The van der Waals surface area contributed by atoms with Crippen LogP contribution >= 0.6 is 0 Å². The van der Waals surface area contributed by atoms with E-state index in [2.05, 4.69) is 5.10 Å². The number of piperidine rings is 1. The molecule has 0 amide bonds. The Morgan fingerprint density at radius 2 is 2.10 bits per heavy atom. The Balaban J connectivity index is 1.61. The van der Waals surface area contributed by atoms with Crippen LogP contribution in [0.3, 0.4) is 0 Å². The van der Waals surface area contributed by atoms with Gasteiger partial charge in [-0.05, 0) is 31.9 Å². The number of anilines is 1. The van der Waals surface area contributed by atoms with Crippen LogP contribution in [0.5, 0.6) is 5.75 Å². The lowest BCUT2D eigenvalue weighted by atomic mass is 10.0. The van der Waals surface area contributed by atoms with Crippen LogP contribution in [0.2, 0.25) is 0 Å². The molecule has 156 valence electrons. The van der Waals surface area contributed by atoms with Gasteiger partial charge in [0.1, 0.15) is 17.9 Å². The fourth-order valence-corrected chi connectivity index (χ4v) is 4.51. The first kappa shape index (κ1) is 18.7. The van der Waals surface area contributed by atoms with Gasteiger partial charge in [-0.2, -0.15) is 5.10 Å². The van der Waals surface area contributed by atoms with Gasteiger partial charge in [-0.3, -0.25) is 9.48 Å². The molecule has 0 saturated carbocycles. The molecule has 30 heavy (non-hydrogen) atoms. The number of hydrogen-bond acceptors (Lipinski definition) is 5. The van der Waals surface area contributed by atoms with Gasteiger partial charge in [-0.15, -0.1) is 0 Å². The van der Waals surface area contributed by atoms with Gasteiger partial charge in [0.15, 0.2) is 11.6 Å². The summed E-state index contributed by atoms with van der Waals surface area (Å²) in [6.45, 7) is 3.38. The third kappa shape index (κ3) is 2.76. The Morgan fingerprint density at radius 3 is 2.77 bits per heavy atom. The largest absolute Gasteiger partial charge is 0.487 e. The van der Waals surface area contributed by atoms with E-state index < -0.39 is 17.2 Å². The van der Waals surface area contributed by atoms with Gasteiger partial charge >= 0.3 is 5.97 Å². The normalized spacial score (nSPS) is 19.1. The Hall–Kier alpha value is -3.36. The summed E-state index contributed by atoms with van der Waals surface area (Å²) in [5, 5.41) is 13.7. The maximum Gasteiger partial charge on any atom is 0.341 e. The maximum absolute atomic E-state index is 15.3. The predicted octanol–water partition coefficient (Wildman–Crippen LogP) is 2.83. The smallest absolute Gasteiger partial charge is 0.341 e. The van der Waals surface area contributed by atoms with Crippen molar-refractivity contribution in [1.29, 1.82) is 0 Å². The van der Waals surface area contributed by atoms with E-state index in [1.807, 2.05) is 28.8 Å². The Labute approximate surface area is 171 Å². The van der Waals surface area contributed by atoms with E-state index in [0.29, 0.717) is 30.0 Å². The first-order valence-corrected chi connectivity index (χ1v) is 9.97. The van der Waals surface area contributed by atoms with Crippen molar-refractivity contribution < 1.29 is 19.0 Å². The van der Waals surface area contributed by atoms with Gasteiger partial charge in [0, 0.05) is 31.7 Å². The number of carbonyl (C=O) groups is 1. The van der Waals surface area contributed by atoms with Crippen molar-refractivity contribution in [1.82, 2.24) is 14.3 Å². The van der Waals surface area contributed by atoms with E-state index in [1.165, 1.54) is 6.20 Å². The average Bonchev–Trinajstić information content (AvgIpc) is 3.27. The molecule has 4 heterocycles. The van der Waals surface area contributed by atoms with Crippen molar-refractivity contribution in [2.75, 3.05) is 24.6 Å². The molecule has 1 aromatic carbocycles. The molecule has 1 saturated heterocycles. The topological polar surface area (TPSA) is 89.6 Å². The molecule has 9 heteroatoms. The molecule has 2 aromatic heterocycles. The van der Waals surface area contributed by atoms with Crippen LogP contribution in [0.1, 0.15) is 42.2 Å². The van der Waals surface area contributed by atoms with Crippen molar-refractivity contribution >= 4 is 22.6 Å². The standard InChI is InChI=1S/C21H21FN4O4/c1-12-11-30-20-17-14(19(27)15(21(28)29)10-25(12)17)9-16(22)18(20)24-7-3-13(4-8-24)26-6-2-5-23-26/h2,5-6,9-10,12-13H,3-4,7-8,11H2,1H3,(H,28,29)/t12-/m0/s1. The second-order valence-corrected chi connectivity index (χ2v) is 7.88. The fraction of sp³-hybridized carbons (Fsp3) is 0.381. The number of carboxylic acid groups (broad SMARTS) is 1. The molecule has 0 radical (unpaired) electrons. The lowest BCUT2D eigenvalue weighted by Gasteiger charge is -2.36. The van der Waals surface area contributed by atoms with Crippen LogP contribution in [0.25, 0.3) is 10.9 Å². The number of benzene rings is 1. The zero-order valence-corrected chi connectivity index (χ0v) is 16.4. The number of ether oxygens (including phenoxy) is 1. The number of aromatic carboxylic acids is 1. The minimum atomic E-state index is -1.32. The summed E-state index contributed by atoms with van der Waals surface area (Å²) in [4.78, 5) is 26.2. The Kier molecular flexibility index (Phi) is 4.27. The molecule has 5 rings (SSSR count). The van der Waals surface area contributed by atoms with E-state index in [-0.39, 0.29) is 29.6 Å². The zero-order valence-electron chi connectivity index (χ0n) is 16.4. The number of nitrogens with zero attached hydrogens (tertiary/aromatic N) is 4. The highest BCUT2D eigenvalue weighted by molar-refractivity contribution is 5.97. The third-order valence-electron chi connectivity index (χ3n) is 6.05. The highest BCUT2D eigenvalue weighted by Crippen LogP contribution is 2.43. The molecule has 0 spiro atoms. The minimum absolute atomic E-state index is 0.0316. The van der Waals surface area contributed by atoms with Crippen LogP contribution in [0.4, 0.5) is 10.1 Å². The predicted molar refractivity (Wildman–Crippen MR) is 108 cm³/mol. The van der Waals surface area contributed by atoms with E-state index in [9.17, 15) is 14.7 Å². The van der Waals surface area contributed by atoms with E-state index in [0.717, 1.165) is 18.9 Å². The lowest BCUT2D eigenvalue weighted by molar-refractivity contribution is 0.0694. The summed E-state index contributed by atoms with van der Waals surface area (Å²) >= 11 is 0. The molecule has 2 aliphatic heterocycles. The number of pyridine rings is 1. The van der Waals surface area contributed by atoms with Crippen molar-refractivity contribution in [2.45, 2.75) is 31.8 Å². The monoisotopic (exact) mass is 412 g/mol.